The molecule has 3 aromatic rings. The summed E-state index contributed by atoms with van der Waals surface area (Å²) in [5, 5.41) is 10.5. The van der Waals surface area contributed by atoms with E-state index in [4.69, 9.17) is 4.42 Å². The average molecular weight is 340 g/mol. The molecular formula is C18H20N4O3. The van der Waals surface area contributed by atoms with Gasteiger partial charge in [-0.05, 0) is 38.3 Å². The third-order valence-electron chi connectivity index (χ3n) is 4.89. The molecular weight excluding hydrogens is 320 g/mol. The predicted molar refractivity (Wildman–Crippen MR) is 92.7 cm³/mol. The number of rotatable bonds is 2. The first kappa shape index (κ1) is 15.7. The summed E-state index contributed by atoms with van der Waals surface area (Å²) in [5.74, 6) is 0.905. The van der Waals surface area contributed by atoms with Crippen molar-refractivity contribution >= 4 is 16.9 Å². The smallest absolute Gasteiger partial charge is 0.343 e. The summed E-state index contributed by atoms with van der Waals surface area (Å²) in [6, 6.07) is 5.92. The van der Waals surface area contributed by atoms with Gasteiger partial charge in [0, 0.05) is 30.0 Å². The molecule has 0 aliphatic carbocycles. The molecule has 0 radical (unpaired) electrons. The van der Waals surface area contributed by atoms with Gasteiger partial charge in [-0.2, -0.15) is 5.10 Å². The number of hydrogen-bond acceptors (Lipinski definition) is 4. The highest BCUT2D eigenvalue weighted by Crippen LogP contribution is 2.26. The second kappa shape index (κ2) is 5.91. The molecule has 0 fully saturated rings. The summed E-state index contributed by atoms with van der Waals surface area (Å²) in [6.07, 6.45) is 2.09. The summed E-state index contributed by atoms with van der Waals surface area (Å²) in [6.45, 7) is 4.44. The Bertz CT molecular complexity index is 1010. The van der Waals surface area contributed by atoms with Gasteiger partial charge in [-0.3, -0.25) is 9.36 Å². The van der Waals surface area contributed by atoms with Crippen LogP contribution in [0.2, 0.25) is 0 Å². The molecule has 0 saturated carbocycles. The molecule has 1 amide bonds. The molecule has 2 aromatic heterocycles. The first-order valence-corrected chi connectivity index (χ1v) is 8.47. The van der Waals surface area contributed by atoms with Crippen LogP contribution in [0, 0.1) is 13.8 Å². The second-order valence-electron chi connectivity index (χ2n) is 6.65. The fourth-order valence-electron chi connectivity index (χ4n) is 3.45. The Hall–Kier alpha value is -2.83. The van der Waals surface area contributed by atoms with Crippen molar-refractivity contribution in [3.8, 4) is 0 Å². The number of carbonyl (C=O) groups excluding carboxylic acids is 1. The highest BCUT2D eigenvalue weighted by molar-refractivity contribution is 5.99. The van der Waals surface area contributed by atoms with Gasteiger partial charge in [0.1, 0.15) is 11.4 Å². The van der Waals surface area contributed by atoms with Crippen molar-refractivity contribution in [3.63, 3.8) is 0 Å². The Morgan fingerprint density at radius 3 is 3.04 bits per heavy atom. The van der Waals surface area contributed by atoms with Crippen LogP contribution in [0.15, 0.2) is 27.4 Å². The van der Waals surface area contributed by atoms with Crippen molar-refractivity contribution in [2.24, 2.45) is 0 Å². The molecule has 2 N–H and O–H groups in total. The SMILES string of the molecule is Cc1ccc2c(C)c(C(=O)NC3CCc4n[nH]c(=O)n4CC3)oc2c1. The number of aromatic nitrogens is 3. The van der Waals surface area contributed by atoms with Gasteiger partial charge in [0.15, 0.2) is 5.76 Å². The number of benzene rings is 1. The summed E-state index contributed by atoms with van der Waals surface area (Å²) < 4.78 is 7.44. The zero-order chi connectivity index (χ0) is 17.6. The predicted octanol–water partition coefficient (Wildman–Crippen LogP) is 2.07. The normalized spacial score (nSPS) is 17.3. The molecule has 130 valence electrons. The van der Waals surface area contributed by atoms with E-state index in [0.717, 1.165) is 34.3 Å². The average Bonchev–Trinajstić information content (AvgIpc) is 3.02. The molecule has 1 aliphatic rings. The van der Waals surface area contributed by atoms with Crippen LogP contribution in [-0.2, 0) is 13.0 Å². The first-order valence-electron chi connectivity index (χ1n) is 8.47. The van der Waals surface area contributed by atoms with Crippen LogP contribution >= 0.6 is 0 Å². The zero-order valence-electron chi connectivity index (χ0n) is 14.3. The van der Waals surface area contributed by atoms with Crippen molar-refractivity contribution in [2.45, 2.75) is 45.7 Å². The maximum atomic E-state index is 12.7. The number of aryl methyl sites for hydroxylation is 3. The first-order chi connectivity index (χ1) is 12.0. The van der Waals surface area contributed by atoms with Crippen molar-refractivity contribution in [1.82, 2.24) is 20.1 Å². The Morgan fingerprint density at radius 1 is 1.36 bits per heavy atom. The van der Waals surface area contributed by atoms with E-state index in [1.807, 2.05) is 32.0 Å². The lowest BCUT2D eigenvalue weighted by atomic mass is 10.1. The van der Waals surface area contributed by atoms with Crippen molar-refractivity contribution < 1.29 is 9.21 Å². The van der Waals surface area contributed by atoms with Crippen LogP contribution in [0.1, 0.15) is 40.3 Å². The standard InChI is InChI=1S/C18H20N4O3/c1-10-3-5-13-11(2)16(25-14(13)9-10)17(23)19-12-4-6-15-20-21-18(24)22(15)8-7-12/h3,5,9,12H,4,6-8H2,1-2H3,(H,19,23)(H,21,24). The number of amides is 1. The van der Waals surface area contributed by atoms with Crippen LogP contribution in [0.25, 0.3) is 11.0 Å². The van der Waals surface area contributed by atoms with Crippen molar-refractivity contribution in [3.05, 3.63) is 51.4 Å². The van der Waals surface area contributed by atoms with Gasteiger partial charge in [-0.1, -0.05) is 12.1 Å². The molecule has 0 bridgehead atoms. The van der Waals surface area contributed by atoms with Gasteiger partial charge in [-0.25, -0.2) is 9.89 Å². The number of nitrogens with one attached hydrogen (secondary N) is 2. The highest BCUT2D eigenvalue weighted by Gasteiger charge is 2.23. The third-order valence-corrected chi connectivity index (χ3v) is 4.89. The number of furan rings is 1. The summed E-state index contributed by atoms with van der Waals surface area (Å²) in [5.41, 5.74) is 2.49. The van der Waals surface area contributed by atoms with Crippen LogP contribution in [0.3, 0.4) is 0 Å². The maximum Gasteiger partial charge on any atom is 0.343 e. The van der Waals surface area contributed by atoms with Gasteiger partial charge in [0.25, 0.3) is 5.91 Å². The minimum Gasteiger partial charge on any atom is -0.451 e. The fraction of sp³-hybridized carbons (Fsp3) is 0.389. The Balaban J connectivity index is 1.53. The van der Waals surface area contributed by atoms with E-state index in [9.17, 15) is 9.59 Å². The van der Waals surface area contributed by atoms with Crippen LogP contribution in [0.5, 0.6) is 0 Å². The molecule has 1 aromatic carbocycles. The van der Waals surface area contributed by atoms with Crippen molar-refractivity contribution in [1.29, 1.82) is 0 Å². The number of carbonyl (C=O) groups is 1. The number of H-pyrrole nitrogens is 1. The zero-order valence-corrected chi connectivity index (χ0v) is 14.3. The van der Waals surface area contributed by atoms with Crippen LogP contribution in [0.4, 0.5) is 0 Å². The van der Waals surface area contributed by atoms with Crippen molar-refractivity contribution in [2.75, 3.05) is 0 Å². The molecule has 1 unspecified atom stereocenters. The lowest BCUT2D eigenvalue weighted by molar-refractivity contribution is 0.0906. The Morgan fingerprint density at radius 2 is 2.20 bits per heavy atom. The van der Waals surface area contributed by atoms with E-state index in [1.165, 1.54) is 0 Å². The highest BCUT2D eigenvalue weighted by atomic mass is 16.3. The molecule has 3 heterocycles. The molecule has 4 rings (SSSR count). The summed E-state index contributed by atoms with van der Waals surface area (Å²) in [4.78, 5) is 24.4. The minimum atomic E-state index is -0.204. The fourth-order valence-corrected chi connectivity index (χ4v) is 3.45. The van der Waals surface area contributed by atoms with Gasteiger partial charge >= 0.3 is 5.69 Å². The van der Waals surface area contributed by atoms with Crippen LogP contribution < -0.4 is 11.0 Å². The lowest BCUT2D eigenvalue weighted by Gasteiger charge is -2.15. The molecule has 1 aliphatic heterocycles. The summed E-state index contributed by atoms with van der Waals surface area (Å²) >= 11 is 0. The van der Waals surface area contributed by atoms with Gasteiger partial charge < -0.3 is 9.73 Å². The van der Waals surface area contributed by atoms with Crippen LogP contribution in [-0.4, -0.2) is 26.7 Å². The summed E-state index contributed by atoms with van der Waals surface area (Å²) in [7, 11) is 0. The molecule has 0 saturated heterocycles. The van der Waals surface area contributed by atoms with Gasteiger partial charge in [-0.15, -0.1) is 0 Å². The van der Waals surface area contributed by atoms with Gasteiger partial charge in [0.05, 0.1) is 0 Å². The molecule has 7 heteroatoms. The lowest BCUT2D eigenvalue weighted by Crippen LogP contribution is -2.35. The van der Waals surface area contributed by atoms with E-state index in [-0.39, 0.29) is 17.6 Å². The molecule has 25 heavy (non-hydrogen) atoms. The topological polar surface area (TPSA) is 92.9 Å². The number of fused-ring (bicyclic) bond motifs is 2. The second-order valence-corrected chi connectivity index (χ2v) is 6.65. The largest absolute Gasteiger partial charge is 0.451 e. The molecule has 1 atom stereocenters. The van der Waals surface area contributed by atoms with E-state index in [1.54, 1.807) is 4.57 Å². The minimum absolute atomic E-state index is 0.0112. The number of aromatic amines is 1. The number of nitrogens with zero attached hydrogens (tertiary/aromatic N) is 2. The Kier molecular flexibility index (Phi) is 3.71. The Labute approximate surface area is 144 Å². The molecule has 7 nitrogen and oxygen atoms in total. The van der Waals surface area contributed by atoms with E-state index in [2.05, 4.69) is 15.5 Å². The van der Waals surface area contributed by atoms with E-state index in [0.29, 0.717) is 25.1 Å². The maximum absolute atomic E-state index is 12.7. The monoisotopic (exact) mass is 340 g/mol. The van der Waals surface area contributed by atoms with E-state index >= 15 is 0 Å². The quantitative estimate of drug-likeness (QED) is 0.747. The van der Waals surface area contributed by atoms with Gasteiger partial charge in [0.2, 0.25) is 0 Å². The third kappa shape index (κ3) is 2.75. The van der Waals surface area contributed by atoms with E-state index < -0.39 is 0 Å². The molecule has 0 spiro atoms. The number of hydrogen-bond donors (Lipinski definition) is 2.